The number of aromatic nitrogens is 1. The highest BCUT2D eigenvalue weighted by Crippen LogP contribution is 2.27. The number of carbonyl (C=O) groups excluding carboxylic acids is 1. The van der Waals surface area contributed by atoms with Crippen LogP contribution >= 0.6 is 0 Å². The number of hydrogen-bond acceptors (Lipinski definition) is 6. The molecule has 33 heavy (non-hydrogen) atoms. The Hall–Kier alpha value is -3.85. The highest BCUT2D eigenvalue weighted by molar-refractivity contribution is 5.94. The lowest BCUT2D eigenvalue weighted by molar-refractivity contribution is 0.0781. The number of benzene rings is 2. The largest absolute Gasteiger partial charge is 0.360 e. The molecule has 2 aliphatic heterocycles. The number of nitrogens with zero attached hydrogens (tertiary/aromatic N) is 2. The molecule has 1 aromatic heterocycles. The molecule has 2 fully saturated rings. The van der Waals surface area contributed by atoms with Crippen LogP contribution in [0.5, 0.6) is 0 Å². The number of fused-ring (bicyclic) bond motifs is 2. The van der Waals surface area contributed by atoms with Crippen LogP contribution in [0, 0.1) is 23.2 Å². The van der Waals surface area contributed by atoms with Crippen molar-refractivity contribution in [3.8, 4) is 0 Å². The van der Waals surface area contributed by atoms with E-state index in [1.807, 2.05) is 4.90 Å². The molecule has 2 aromatic carbocycles. The minimum Gasteiger partial charge on any atom is -0.360 e. The van der Waals surface area contributed by atoms with Gasteiger partial charge in [-0.15, -0.1) is 0 Å². The van der Waals surface area contributed by atoms with Crippen LogP contribution < -0.4 is 16.2 Å². The van der Waals surface area contributed by atoms with Gasteiger partial charge in [-0.05, 0) is 60.4 Å². The van der Waals surface area contributed by atoms with Crippen LogP contribution in [0.4, 0.5) is 10.1 Å². The lowest BCUT2D eigenvalue weighted by Gasteiger charge is -2.17. The van der Waals surface area contributed by atoms with Gasteiger partial charge in [0.15, 0.2) is 0 Å². The first-order valence-corrected chi connectivity index (χ1v) is 10.8. The summed E-state index contributed by atoms with van der Waals surface area (Å²) < 4.78 is 13.6. The quantitative estimate of drug-likeness (QED) is 0.450. The van der Waals surface area contributed by atoms with Gasteiger partial charge < -0.3 is 20.5 Å². The number of anilines is 1. The Kier molecular flexibility index (Phi) is 5.47. The molecular formula is C24H23FN6O2. The van der Waals surface area contributed by atoms with Crippen molar-refractivity contribution in [3.63, 3.8) is 0 Å². The zero-order valence-corrected chi connectivity index (χ0v) is 17.8. The number of likely N-dealkylation sites (tertiary alicyclic amines) is 1. The highest BCUT2D eigenvalue weighted by Gasteiger charge is 2.38. The Morgan fingerprint density at radius 2 is 1.85 bits per heavy atom. The molecular weight excluding hydrogens is 423 g/mol. The molecule has 2 unspecified atom stereocenters. The van der Waals surface area contributed by atoms with E-state index in [0.717, 1.165) is 26.2 Å². The van der Waals surface area contributed by atoms with E-state index in [4.69, 9.17) is 5.53 Å². The van der Waals surface area contributed by atoms with Gasteiger partial charge in [0.2, 0.25) is 0 Å². The van der Waals surface area contributed by atoms with E-state index < -0.39 is 11.4 Å². The van der Waals surface area contributed by atoms with Gasteiger partial charge in [-0.2, -0.15) is 5.11 Å². The summed E-state index contributed by atoms with van der Waals surface area (Å²) >= 11 is 0. The van der Waals surface area contributed by atoms with E-state index >= 15 is 0 Å². The lowest BCUT2D eigenvalue weighted by Crippen LogP contribution is -2.31. The van der Waals surface area contributed by atoms with Crippen LogP contribution in [-0.2, 0) is 0 Å². The summed E-state index contributed by atoms with van der Waals surface area (Å²) in [5.41, 5.74) is 9.11. The molecule has 8 nitrogen and oxygen atoms in total. The maximum absolute atomic E-state index is 13.6. The SMILES string of the molecule is N=N/C(=C\Nc1ccc(C(=O)N2CC3CNCC3C2)cc1)c1cc2cc(F)ccc2[nH]c1=O. The Labute approximate surface area is 189 Å². The third-order valence-corrected chi connectivity index (χ3v) is 6.39. The molecule has 2 aliphatic rings. The number of halogens is 1. The summed E-state index contributed by atoms with van der Waals surface area (Å²) in [4.78, 5) is 29.9. The number of pyridine rings is 1. The fraction of sp³-hybridized carbons (Fsp3) is 0.250. The van der Waals surface area contributed by atoms with E-state index in [2.05, 4.69) is 20.7 Å². The van der Waals surface area contributed by atoms with Gasteiger partial charge in [0.1, 0.15) is 11.5 Å². The molecule has 0 bridgehead atoms. The predicted octanol–water partition coefficient (Wildman–Crippen LogP) is 3.40. The molecule has 3 heterocycles. The Bertz CT molecular complexity index is 1300. The van der Waals surface area contributed by atoms with Gasteiger partial charge in [0, 0.05) is 54.5 Å². The summed E-state index contributed by atoms with van der Waals surface area (Å²) in [7, 11) is 0. The number of nitrogens with one attached hydrogen (secondary N) is 4. The summed E-state index contributed by atoms with van der Waals surface area (Å²) in [5.74, 6) is 0.697. The number of hydrogen-bond donors (Lipinski definition) is 4. The molecule has 0 saturated carbocycles. The van der Waals surface area contributed by atoms with Gasteiger partial charge in [-0.25, -0.2) is 9.92 Å². The van der Waals surface area contributed by atoms with E-state index in [9.17, 15) is 14.0 Å². The van der Waals surface area contributed by atoms with Crippen LogP contribution in [0.25, 0.3) is 16.6 Å². The molecule has 2 atom stereocenters. The first kappa shape index (κ1) is 21.0. The number of rotatable bonds is 5. The van der Waals surface area contributed by atoms with Crippen molar-refractivity contribution < 1.29 is 9.18 Å². The molecule has 5 rings (SSSR count). The minimum absolute atomic E-state index is 0.0308. The second-order valence-corrected chi connectivity index (χ2v) is 8.50. The smallest absolute Gasteiger partial charge is 0.258 e. The number of H-pyrrole nitrogens is 1. The second-order valence-electron chi connectivity index (χ2n) is 8.50. The third-order valence-electron chi connectivity index (χ3n) is 6.39. The van der Waals surface area contributed by atoms with Gasteiger partial charge in [-0.3, -0.25) is 9.59 Å². The van der Waals surface area contributed by atoms with Crippen molar-refractivity contribution in [3.05, 3.63) is 82.0 Å². The Morgan fingerprint density at radius 3 is 2.55 bits per heavy atom. The Balaban J connectivity index is 1.31. The summed E-state index contributed by atoms with van der Waals surface area (Å²) in [6.45, 7) is 3.53. The molecule has 3 aromatic rings. The molecule has 0 radical (unpaired) electrons. The van der Waals surface area contributed by atoms with Crippen LogP contribution in [0.3, 0.4) is 0 Å². The van der Waals surface area contributed by atoms with E-state index in [1.54, 1.807) is 24.3 Å². The summed E-state index contributed by atoms with van der Waals surface area (Å²) in [5, 5.41) is 10.3. The van der Waals surface area contributed by atoms with E-state index in [0.29, 0.717) is 34.0 Å². The van der Waals surface area contributed by atoms with Crippen molar-refractivity contribution in [1.29, 1.82) is 5.53 Å². The van der Waals surface area contributed by atoms with Crippen LogP contribution in [-0.4, -0.2) is 42.0 Å². The maximum atomic E-state index is 13.6. The van der Waals surface area contributed by atoms with Crippen LogP contribution in [0.2, 0.25) is 0 Å². The second kappa shape index (κ2) is 8.59. The van der Waals surface area contributed by atoms with Crippen LogP contribution in [0.1, 0.15) is 15.9 Å². The summed E-state index contributed by atoms with van der Waals surface area (Å²) in [6.07, 6.45) is 1.44. The first-order chi connectivity index (χ1) is 16.0. The lowest BCUT2D eigenvalue weighted by atomic mass is 10.0. The molecule has 168 valence electrons. The first-order valence-electron chi connectivity index (χ1n) is 10.8. The zero-order valence-electron chi connectivity index (χ0n) is 17.8. The molecule has 0 aliphatic carbocycles. The fourth-order valence-electron chi connectivity index (χ4n) is 4.60. The predicted molar refractivity (Wildman–Crippen MR) is 123 cm³/mol. The van der Waals surface area contributed by atoms with Crippen molar-refractivity contribution in [2.45, 2.75) is 0 Å². The average molecular weight is 446 g/mol. The molecule has 0 spiro atoms. The number of carbonyl (C=O) groups is 1. The highest BCUT2D eigenvalue weighted by atomic mass is 19.1. The topological polar surface area (TPSA) is 113 Å². The minimum atomic E-state index is -0.426. The monoisotopic (exact) mass is 446 g/mol. The normalized spacial score (nSPS) is 20.2. The molecule has 1 amide bonds. The zero-order chi connectivity index (χ0) is 22.9. The van der Waals surface area contributed by atoms with Crippen molar-refractivity contribution in [2.24, 2.45) is 17.0 Å². The van der Waals surface area contributed by atoms with Gasteiger partial charge in [0.05, 0.1) is 5.56 Å². The van der Waals surface area contributed by atoms with Crippen molar-refractivity contribution >= 4 is 28.2 Å². The maximum Gasteiger partial charge on any atom is 0.258 e. The van der Waals surface area contributed by atoms with Crippen molar-refractivity contribution in [2.75, 3.05) is 31.5 Å². The number of amides is 1. The standard InChI is InChI=1S/C24H23FN6O2/c25-18-3-6-21-15(7-18)8-20(23(32)29-21)22(30-26)11-28-19-4-1-14(2-5-19)24(33)31-12-16-9-27-10-17(16)13-31/h1-8,11,16-17,26-28H,9-10,12-13H2,(H,29,32)/b22-11-,30-26?. The van der Waals surface area contributed by atoms with Gasteiger partial charge >= 0.3 is 0 Å². The van der Waals surface area contributed by atoms with Crippen molar-refractivity contribution in [1.82, 2.24) is 15.2 Å². The fourth-order valence-corrected chi connectivity index (χ4v) is 4.60. The Morgan fingerprint density at radius 1 is 1.12 bits per heavy atom. The molecule has 4 N–H and O–H groups in total. The van der Waals surface area contributed by atoms with Gasteiger partial charge in [0.25, 0.3) is 11.5 Å². The number of aromatic amines is 1. The van der Waals surface area contributed by atoms with Crippen LogP contribution in [0.15, 0.2) is 64.6 Å². The van der Waals surface area contributed by atoms with E-state index in [-0.39, 0.29) is 17.2 Å². The summed E-state index contributed by atoms with van der Waals surface area (Å²) in [6, 6.07) is 12.6. The average Bonchev–Trinajstić information content (AvgIpc) is 3.42. The third kappa shape index (κ3) is 4.14. The van der Waals surface area contributed by atoms with E-state index in [1.165, 1.54) is 30.5 Å². The van der Waals surface area contributed by atoms with Gasteiger partial charge in [-0.1, -0.05) is 0 Å². The molecule has 2 saturated heterocycles. The molecule has 9 heteroatoms.